The quantitative estimate of drug-likeness (QED) is 0.328. The number of halogens is 6. The summed E-state index contributed by atoms with van der Waals surface area (Å²) >= 11 is 0. The Hall–Kier alpha value is -3.52. The molecule has 0 radical (unpaired) electrons. The van der Waals surface area contributed by atoms with E-state index in [4.69, 9.17) is 26.1 Å². The molecule has 1 aromatic carbocycles. The molecule has 0 aromatic heterocycles. The number of alkyl halides is 6. The number of nitrogens with zero attached hydrogens (tertiary/aromatic N) is 2. The fraction of sp³-hybridized carbons (Fsp3) is 0.474. The topological polar surface area (TPSA) is 148 Å². The molecule has 1 aromatic rings. The number of aliphatic imine (C=N–C) groups is 1. The number of nitrogens with two attached hydrogens (primary N) is 2. The van der Waals surface area contributed by atoms with Crippen molar-refractivity contribution in [1.82, 2.24) is 4.90 Å². The third-order valence-corrected chi connectivity index (χ3v) is 4.76. The zero-order valence-electron chi connectivity index (χ0n) is 18.0. The van der Waals surface area contributed by atoms with Crippen LogP contribution in [0.25, 0.3) is 0 Å². The summed E-state index contributed by atoms with van der Waals surface area (Å²) in [5.74, 6) is -4.90. The zero-order valence-corrected chi connectivity index (χ0v) is 18.0. The van der Waals surface area contributed by atoms with Crippen LogP contribution in [-0.4, -0.2) is 60.1 Å². The average molecular weight is 500 g/mol. The van der Waals surface area contributed by atoms with Gasteiger partial charge in [-0.15, -0.1) is 0 Å². The minimum absolute atomic E-state index is 0.0313. The van der Waals surface area contributed by atoms with E-state index < -0.39 is 41.7 Å². The maximum atomic E-state index is 13.6. The van der Waals surface area contributed by atoms with Gasteiger partial charge < -0.3 is 26.2 Å². The van der Waals surface area contributed by atoms with E-state index in [0.717, 1.165) is 6.07 Å². The Kier molecular flexibility index (Phi) is 9.28. The first kappa shape index (κ1) is 28.5. The predicted molar refractivity (Wildman–Crippen MR) is 106 cm³/mol. The predicted octanol–water partition coefficient (Wildman–Crippen LogP) is 2.49. The van der Waals surface area contributed by atoms with Gasteiger partial charge in [0.05, 0.1) is 18.2 Å². The Bertz CT molecular complexity index is 950. The minimum Gasteiger partial charge on any atom is -0.496 e. The van der Waals surface area contributed by atoms with E-state index in [1.54, 1.807) is 4.90 Å². The number of guanidine groups is 1. The largest absolute Gasteiger partial charge is 0.496 e. The molecule has 1 aliphatic rings. The molecule has 0 unspecified atom stereocenters. The van der Waals surface area contributed by atoms with Crippen molar-refractivity contribution in [3.63, 3.8) is 0 Å². The number of rotatable bonds is 3. The second-order valence-corrected chi connectivity index (χ2v) is 7.06. The van der Waals surface area contributed by atoms with Gasteiger partial charge in [-0.25, -0.2) is 4.79 Å². The molecule has 1 fully saturated rings. The number of carboxylic acid groups (broad SMARTS) is 1. The van der Waals surface area contributed by atoms with Crippen LogP contribution in [0, 0.1) is 0 Å². The zero-order chi connectivity index (χ0) is 26.4. The summed E-state index contributed by atoms with van der Waals surface area (Å²) < 4.78 is 77.8. The van der Waals surface area contributed by atoms with Crippen LogP contribution < -0.4 is 16.2 Å². The molecule has 0 saturated carbocycles. The molecule has 2 rings (SSSR count). The first-order valence-corrected chi connectivity index (χ1v) is 9.47. The highest BCUT2D eigenvalue weighted by molar-refractivity contribution is 6.04. The van der Waals surface area contributed by atoms with Crippen LogP contribution in [-0.2, 0) is 15.8 Å². The van der Waals surface area contributed by atoms with Crippen LogP contribution in [0.5, 0.6) is 5.75 Å². The smallest absolute Gasteiger partial charge is 0.490 e. The van der Waals surface area contributed by atoms with Crippen LogP contribution in [0.3, 0.4) is 0 Å². The molecular weight excluding hydrogens is 478 g/mol. The molecule has 0 atom stereocenters. The Labute approximate surface area is 189 Å². The second kappa shape index (κ2) is 11.1. The van der Waals surface area contributed by atoms with Gasteiger partial charge in [-0.1, -0.05) is 0 Å². The summed E-state index contributed by atoms with van der Waals surface area (Å²) in [5.41, 5.74) is 9.01. The van der Waals surface area contributed by atoms with E-state index in [1.165, 1.54) is 20.1 Å². The van der Waals surface area contributed by atoms with Gasteiger partial charge in [0.1, 0.15) is 5.75 Å². The molecule has 1 aliphatic heterocycles. The molecule has 5 N–H and O–H groups in total. The number of carboxylic acids is 1. The monoisotopic (exact) mass is 500 g/mol. The molecule has 0 aliphatic carbocycles. The Morgan fingerprint density at radius 3 is 1.94 bits per heavy atom. The SMILES string of the molecule is COc1cc(C2CCN(C(C)=O)CC2)c(C(F)(F)F)cc1C(=O)N=C(N)N.O=C(O)C(F)(F)F. The van der Waals surface area contributed by atoms with Gasteiger partial charge in [-0.2, -0.15) is 31.3 Å². The summed E-state index contributed by atoms with van der Waals surface area (Å²) in [4.78, 5) is 37.3. The van der Waals surface area contributed by atoms with E-state index in [1.807, 2.05) is 0 Å². The van der Waals surface area contributed by atoms with Crippen LogP contribution in [0.1, 0.15) is 47.2 Å². The van der Waals surface area contributed by atoms with E-state index >= 15 is 0 Å². The van der Waals surface area contributed by atoms with Crippen molar-refractivity contribution in [2.24, 2.45) is 16.5 Å². The standard InChI is InChI=1S/C17H21F3N4O3.C2HF3O2/c1-9(25)24-5-3-10(4-6-24)11-8-14(27-2)12(15(26)23-16(21)22)7-13(11)17(18,19)20;3-2(4,5)1(6)7/h7-8,10H,3-6H2,1-2H3,(H4,21,22,23,26);(H,6,7). The highest BCUT2D eigenvalue weighted by Crippen LogP contribution is 2.42. The number of piperidine rings is 1. The van der Waals surface area contributed by atoms with Gasteiger partial charge in [0.15, 0.2) is 5.96 Å². The summed E-state index contributed by atoms with van der Waals surface area (Å²) in [5, 5.41) is 7.12. The summed E-state index contributed by atoms with van der Waals surface area (Å²) in [6.45, 7) is 2.16. The number of methoxy groups -OCH3 is 1. The first-order chi connectivity index (χ1) is 15.5. The van der Waals surface area contributed by atoms with Crippen molar-refractivity contribution in [2.45, 2.75) is 38.0 Å². The molecule has 1 heterocycles. The lowest BCUT2D eigenvalue weighted by Crippen LogP contribution is -2.36. The fourth-order valence-corrected chi connectivity index (χ4v) is 3.20. The number of benzene rings is 1. The minimum atomic E-state index is -5.08. The Balaban J connectivity index is 0.000000718. The van der Waals surface area contributed by atoms with Crippen LogP contribution >= 0.6 is 0 Å². The summed E-state index contributed by atoms with van der Waals surface area (Å²) in [6.07, 6.45) is -8.99. The molecule has 34 heavy (non-hydrogen) atoms. The van der Waals surface area contributed by atoms with Crippen molar-refractivity contribution in [2.75, 3.05) is 20.2 Å². The summed E-state index contributed by atoms with van der Waals surface area (Å²) in [6, 6.07) is 1.94. The van der Waals surface area contributed by atoms with Crippen LogP contribution in [0.15, 0.2) is 17.1 Å². The highest BCUT2D eigenvalue weighted by Gasteiger charge is 2.39. The number of likely N-dealkylation sites (tertiary alicyclic amines) is 1. The third kappa shape index (κ3) is 7.81. The van der Waals surface area contributed by atoms with Crippen LogP contribution in [0.2, 0.25) is 0 Å². The molecular formula is C19H22F6N4O5. The van der Waals surface area contributed by atoms with Gasteiger partial charge in [0.25, 0.3) is 5.91 Å². The van der Waals surface area contributed by atoms with Crippen molar-refractivity contribution >= 4 is 23.7 Å². The lowest BCUT2D eigenvalue weighted by molar-refractivity contribution is -0.192. The van der Waals surface area contributed by atoms with Crippen molar-refractivity contribution in [3.8, 4) is 5.75 Å². The molecule has 2 amide bonds. The van der Waals surface area contributed by atoms with Crippen molar-refractivity contribution in [3.05, 3.63) is 28.8 Å². The molecule has 9 nitrogen and oxygen atoms in total. The number of amides is 2. The van der Waals surface area contributed by atoms with Crippen LogP contribution in [0.4, 0.5) is 26.3 Å². The maximum Gasteiger partial charge on any atom is 0.490 e. The van der Waals surface area contributed by atoms with E-state index in [9.17, 15) is 35.9 Å². The number of carbonyl (C=O) groups is 3. The van der Waals surface area contributed by atoms with Crippen molar-refractivity contribution < 1.29 is 50.6 Å². The molecule has 190 valence electrons. The van der Waals surface area contributed by atoms with Gasteiger partial charge in [-0.05, 0) is 36.5 Å². The van der Waals surface area contributed by atoms with E-state index in [0.29, 0.717) is 25.9 Å². The normalized spacial score (nSPS) is 14.5. The maximum absolute atomic E-state index is 13.6. The lowest BCUT2D eigenvalue weighted by atomic mass is 9.85. The third-order valence-electron chi connectivity index (χ3n) is 4.76. The lowest BCUT2D eigenvalue weighted by Gasteiger charge is -2.33. The first-order valence-electron chi connectivity index (χ1n) is 9.47. The second-order valence-electron chi connectivity index (χ2n) is 7.06. The Morgan fingerprint density at radius 2 is 1.59 bits per heavy atom. The number of aliphatic carboxylic acids is 1. The number of hydrogen-bond acceptors (Lipinski definition) is 4. The molecule has 1 saturated heterocycles. The average Bonchev–Trinajstić information content (AvgIpc) is 2.71. The van der Waals surface area contributed by atoms with Gasteiger partial charge >= 0.3 is 18.3 Å². The summed E-state index contributed by atoms with van der Waals surface area (Å²) in [7, 11) is 1.25. The number of carbonyl (C=O) groups excluding carboxylic acids is 2. The molecule has 0 spiro atoms. The highest BCUT2D eigenvalue weighted by atomic mass is 19.4. The number of ether oxygens (including phenoxy) is 1. The fourth-order valence-electron chi connectivity index (χ4n) is 3.20. The van der Waals surface area contributed by atoms with E-state index in [-0.39, 0.29) is 22.8 Å². The van der Waals surface area contributed by atoms with Crippen molar-refractivity contribution in [1.29, 1.82) is 0 Å². The van der Waals surface area contributed by atoms with E-state index in [2.05, 4.69) is 4.99 Å². The van der Waals surface area contributed by atoms with Gasteiger partial charge in [-0.3, -0.25) is 9.59 Å². The molecule has 15 heteroatoms. The Morgan fingerprint density at radius 1 is 1.09 bits per heavy atom. The van der Waals surface area contributed by atoms with Gasteiger partial charge in [0, 0.05) is 20.0 Å². The van der Waals surface area contributed by atoms with Gasteiger partial charge in [0.2, 0.25) is 5.91 Å². The molecule has 0 bridgehead atoms. The number of hydrogen-bond donors (Lipinski definition) is 3.